The van der Waals surface area contributed by atoms with Crippen LogP contribution in [0.1, 0.15) is 58.8 Å². The van der Waals surface area contributed by atoms with Gasteiger partial charge < -0.3 is 0 Å². The molecule has 0 bridgehead atoms. The molecule has 0 aromatic heterocycles. The lowest BCUT2D eigenvalue weighted by atomic mass is 9.91. The molecule has 0 spiro atoms. The Kier molecular flexibility index (Phi) is 8.99. The standard InChI is InChI=1S/C16H28/c1-6-11-15(5)16(7-2)13-10-8-9-12-14(3)4/h7,16H,2-3,5-6,8-13H2,1,4H3. The molecule has 0 N–H and O–H groups in total. The highest BCUT2D eigenvalue weighted by molar-refractivity contribution is 5.07. The minimum atomic E-state index is 0.532. The zero-order valence-electron chi connectivity index (χ0n) is 11.2. The third-order valence-electron chi connectivity index (χ3n) is 3.00. The Hall–Kier alpha value is -0.780. The smallest absolute Gasteiger partial charge is 0.00287 e. The molecule has 16 heavy (non-hydrogen) atoms. The molecule has 0 heteroatoms. The number of hydrogen-bond donors (Lipinski definition) is 0. The molecular formula is C16H28. The first-order chi connectivity index (χ1) is 7.61. The summed E-state index contributed by atoms with van der Waals surface area (Å²) in [4.78, 5) is 0. The molecule has 1 unspecified atom stereocenters. The first-order valence-corrected chi connectivity index (χ1v) is 6.56. The molecule has 0 aliphatic heterocycles. The van der Waals surface area contributed by atoms with Crippen LogP contribution >= 0.6 is 0 Å². The van der Waals surface area contributed by atoms with Crippen LogP contribution in [0.3, 0.4) is 0 Å². The fraction of sp³-hybridized carbons (Fsp3) is 0.625. The van der Waals surface area contributed by atoms with Crippen molar-refractivity contribution in [1.29, 1.82) is 0 Å². The van der Waals surface area contributed by atoms with Crippen LogP contribution in [0.5, 0.6) is 0 Å². The summed E-state index contributed by atoms with van der Waals surface area (Å²) < 4.78 is 0. The zero-order valence-corrected chi connectivity index (χ0v) is 11.2. The molecule has 0 radical (unpaired) electrons. The lowest BCUT2D eigenvalue weighted by Gasteiger charge is -2.14. The number of hydrogen-bond acceptors (Lipinski definition) is 0. The molecule has 0 rings (SSSR count). The van der Waals surface area contributed by atoms with Gasteiger partial charge in [-0.25, -0.2) is 0 Å². The second-order valence-corrected chi connectivity index (χ2v) is 4.81. The molecule has 0 aliphatic carbocycles. The monoisotopic (exact) mass is 220 g/mol. The third-order valence-corrected chi connectivity index (χ3v) is 3.00. The Morgan fingerprint density at radius 2 is 1.81 bits per heavy atom. The highest BCUT2D eigenvalue weighted by Gasteiger charge is 2.07. The lowest BCUT2D eigenvalue weighted by Crippen LogP contribution is -2.00. The van der Waals surface area contributed by atoms with Gasteiger partial charge in [-0.3, -0.25) is 0 Å². The van der Waals surface area contributed by atoms with Crippen LogP contribution in [0.4, 0.5) is 0 Å². The molecule has 0 heterocycles. The Labute approximate surface area is 102 Å². The Morgan fingerprint density at radius 1 is 1.12 bits per heavy atom. The van der Waals surface area contributed by atoms with Gasteiger partial charge in [-0.1, -0.05) is 50.0 Å². The number of rotatable bonds is 10. The SMILES string of the molecule is C=CC(CCCCCC(=C)C)C(=C)CCC. The van der Waals surface area contributed by atoms with E-state index in [2.05, 4.69) is 39.7 Å². The van der Waals surface area contributed by atoms with E-state index < -0.39 is 0 Å². The summed E-state index contributed by atoms with van der Waals surface area (Å²) in [5.74, 6) is 0.532. The van der Waals surface area contributed by atoms with E-state index in [1.54, 1.807) is 0 Å². The molecule has 1 atom stereocenters. The van der Waals surface area contributed by atoms with Crippen LogP contribution in [0, 0.1) is 5.92 Å². The predicted octanol–water partition coefficient (Wildman–Crippen LogP) is 5.67. The molecule has 0 nitrogen and oxygen atoms in total. The van der Waals surface area contributed by atoms with Gasteiger partial charge in [0.25, 0.3) is 0 Å². The Balaban J connectivity index is 3.67. The highest BCUT2D eigenvalue weighted by atomic mass is 14.1. The first-order valence-electron chi connectivity index (χ1n) is 6.56. The van der Waals surface area contributed by atoms with Crippen molar-refractivity contribution < 1.29 is 0 Å². The Bertz CT molecular complexity index is 222. The maximum absolute atomic E-state index is 4.16. The van der Waals surface area contributed by atoms with E-state index in [4.69, 9.17) is 0 Å². The van der Waals surface area contributed by atoms with Gasteiger partial charge in [0.15, 0.2) is 0 Å². The van der Waals surface area contributed by atoms with Gasteiger partial charge in [-0.15, -0.1) is 13.2 Å². The maximum Gasteiger partial charge on any atom is -0.00287 e. The summed E-state index contributed by atoms with van der Waals surface area (Å²) in [6, 6.07) is 0. The molecule has 0 saturated carbocycles. The minimum Gasteiger partial charge on any atom is -0.102 e. The maximum atomic E-state index is 4.16. The molecule has 0 saturated heterocycles. The van der Waals surface area contributed by atoms with Crippen molar-refractivity contribution in [1.82, 2.24) is 0 Å². The Morgan fingerprint density at radius 3 is 2.31 bits per heavy atom. The van der Waals surface area contributed by atoms with Crippen molar-refractivity contribution in [3.63, 3.8) is 0 Å². The fourth-order valence-corrected chi connectivity index (χ4v) is 1.96. The van der Waals surface area contributed by atoms with Crippen molar-refractivity contribution in [2.24, 2.45) is 5.92 Å². The van der Waals surface area contributed by atoms with Crippen LogP contribution in [0.25, 0.3) is 0 Å². The second kappa shape index (κ2) is 9.45. The van der Waals surface area contributed by atoms with E-state index in [9.17, 15) is 0 Å². The van der Waals surface area contributed by atoms with Crippen molar-refractivity contribution in [2.45, 2.75) is 58.8 Å². The van der Waals surface area contributed by atoms with Gasteiger partial charge in [0.05, 0.1) is 0 Å². The topological polar surface area (TPSA) is 0 Å². The van der Waals surface area contributed by atoms with E-state index in [-0.39, 0.29) is 0 Å². The largest absolute Gasteiger partial charge is 0.102 e. The summed E-state index contributed by atoms with van der Waals surface area (Å²) in [5.41, 5.74) is 2.66. The second-order valence-electron chi connectivity index (χ2n) is 4.81. The summed E-state index contributed by atoms with van der Waals surface area (Å²) in [6.45, 7) is 16.3. The van der Waals surface area contributed by atoms with E-state index >= 15 is 0 Å². The summed E-state index contributed by atoms with van der Waals surface area (Å²) in [7, 11) is 0. The summed E-state index contributed by atoms with van der Waals surface area (Å²) in [6.07, 6.45) is 10.7. The van der Waals surface area contributed by atoms with Crippen molar-refractivity contribution >= 4 is 0 Å². The third kappa shape index (κ3) is 7.50. The van der Waals surface area contributed by atoms with E-state index in [1.807, 2.05) is 0 Å². The summed E-state index contributed by atoms with van der Waals surface area (Å²) in [5, 5.41) is 0. The van der Waals surface area contributed by atoms with Gasteiger partial charge in [0.2, 0.25) is 0 Å². The van der Waals surface area contributed by atoms with Crippen LogP contribution in [0.2, 0.25) is 0 Å². The minimum absolute atomic E-state index is 0.532. The van der Waals surface area contributed by atoms with E-state index in [1.165, 1.54) is 49.7 Å². The molecule has 0 aromatic carbocycles. The van der Waals surface area contributed by atoms with Gasteiger partial charge in [0.1, 0.15) is 0 Å². The van der Waals surface area contributed by atoms with Crippen molar-refractivity contribution in [3.8, 4) is 0 Å². The highest BCUT2D eigenvalue weighted by Crippen LogP contribution is 2.22. The van der Waals surface area contributed by atoms with Crippen LogP contribution in [0.15, 0.2) is 37.0 Å². The van der Waals surface area contributed by atoms with Gasteiger partial charge >= 0.3 is 0 Å². The van der Waals surface area contributed by atoms with E-state index in [0.717, 1.165) is 6.42 Å². The average molecular weight is 220 g/mol. The average Bonchev–Trinajstić information content (AvgIpc) is 2.23. The summed E-state index contributed by atoms with van der Waals surface area (Å²) >= 11 is 0. The predicted molar refractivity (Wildman–Crippen MR) is 75.6 cm³/mol. The molecule has 0 aliphatic rings. The molecule has 0 aromatic rings. The number of unbranched alkanes of at least 4 members (excludes halogenated alkanes) is 2. The molecule has 0 amide bonds. The van der Waals surface area contributed by atoms with Crippen LogP contribution < -0.4 is 0 Å². The quantitative estimate of drug-likeness (QED) is 0.328. The molecule has 0 fully saturated rings. The van der Waals surface area contributed by atoms with Gasteiger partial charge in [-0.05, 0) is 38.5 Å². The van der Waals surface area contributed by atoms with Gasteiger partial charge in [0, 0.05) is 0 Å². The fourth-order valence-electron chi connectivity index (χ4n) is 1.96. The molecular weight excluding hydrogens is 192 g/mol. The normalized spacial score (nSPS) is 12.1. The van der Waals surface area contributed by atoms with Crippen molar-refractivity contribution in [3.05, 3.63) is 37.0 Å². The first kappa shape index (κ1) is 15.2. The van der Waals surface area contributed by atoms with Crippen LogP contribution in [-0.4, -0.2) is 0 Å². The molecule has 92 valence electrons. The number of allylic oxidation sites excluding steroid dienone is 3. The van der Waals surface area contributed by atoms with Crippen LogP contribution in [-0.2, 0) is 0 Å². The van der Waals surface area contributed by atoms with Gasteiger partial charge in [-0.2, -0.15) is 0 Å². The zero-order chi connectivity index (χ0) is 12.4. The van der Waals surface area contributed by atoms with E-state index in [0.29, 0.717) is 5.92 Å². The van der Waals surface area contributed by atoms with Crippen molar-refractivity contribution in [2.75, 3.05) is 0 Å². The lowest BCUT2D eigenvalue weighted by molar-refractivity contribution is 0.567.